The first kappa shape index (κ1) is 12.5. The number of fused-ring (bicyclic) bond motifs is 2. The molecule has 2 saturated heterocycles. The van der Waals surface area contributed by atoms with Crippen LogP contribution in [0.4, 0.5) is 5.69 Å². The number of halogens is 1. The molecule has 0 aromatic heterocycles. The Hall–Kier alpha value is -0.580. The van der Waals surface area contributed by atoms with Crippen molar-refractivity contribution in [3.05, 3.63) is 28.2 Å². The van der Waals surface area contributed by atoms with Crippen molar-refractivity contribution >= 4 is 21.6 Å². The van der Waals surface area contributed by atoms with Crippen LogP contribution in [0.25, 0.3) is 0 Å². The fourth-order valence-electron chi connectivity index (χ4n) is 2.89. The van der Waals surface area contributed by atoms with Gasteiger partial charge in [0, 0.05) is 29.8 Å². The number of nitrogens with one attached hydrogen (secondary N) is 1. The quantitative estimate of drug-likeness (QED) is 0.928. The molecule has 98 valence electrons. The lowest BCUT2D eigenvalue weighted by molar-refractivity contribution is 0.0305. The van der Waals surface area contributed by atoms with Crippen molar-refractivity contribution in [2.45, 2.75) is 31.6 Å². The van der Waals surface area contributed by atoms with Gasteiger partial charge in [-0.1, -0.05) is 22.0 Å². The maximum Gasteiger partial charge on any atom is 0.0755 e. The first-order valence-electron chi connectivity index (χ1n) is 6.59. The van der Waals surface area contributed by atoms with Gasteiger partial charge in [0.1, 0.15) is 0 Å². The van der Waals surface area contributed by atoms with Gasteiger partial charge in [-0.15, -0.1) is 0 Å². The van der Waals surface area contributed by atoms with Crippen LogP contribution in [-0.4, -0.2) is 32.3 Å². The minimum absolute atomic E-state index is 0.444. The van der Waals surface area contributed by atoms with Crippen molar-refractivity contribution in [2.75, 3.05) is 25.0 Å². The van der Waals surface area contributed by atoms with E-state index in [-0.39, 0.29) is 0 Å². The minimum Gasteiger partial charge on any atom is -0.371 e. The van der Waals surface area contributed by atoms with E-state index in [1.165, 1.54) is 28.6 Å². The first-order valence-corrected chi connectivity index (χ1v) is 7.39. The van der Waals surface area contributed by atoms with Gasteiger partial charge >= 0.3 is 0 Å². The summed E-state index contributed by atoms with van der Waals surface area (Å²) in [5, 5.41) is 3.18. The Morgan fingerprint density at radius 3 is 2.67 bits per heavy atom. The molecule has 1 N–H and O–H groups in total. The fourth-order valence-corrected chi connectivity index (χ4v) is 3.40. The van der Waals surface area contributed by atoms with Gasteiger partial charge in [-0.05, 0) is 37.6 Å². The molecule has 3 nitrogen and oxygen atoms in total. The third-order valence-electron chi connectivity index (χ3n) is 3.81. The van der Waals surface area contributed by atoms with E-state index in [0.717, 1.165) is 19.6 Å². The number of ether oxygens (including phenoxy) is 1. The molecule has 2 aliphatic heterocycles. The van der Waals surface area contributed by atoms with Gasteiger partial charge in [-0.25, -0.2) is 0 Å². The van der Waals surface area contributed by atoms with Crippen LogP contribution in [0.3, 0.4) is 0 Å². The van der Waals surface area contributed by atoms with Crippen molar-refractivity contribution < 1.29 is 4.74 Å². The molecule has 0 saturated carbocycles. The molecule has 0 aliphatic carbocycles. The summed E-state index contributed by atoms with van der Waals surface area (Å²) in [6.45, 7) is 2.97. The summed E-state index contributed by atoms with van der Waals surface area (Å²) in [5.41, 5.74) is 2.61. The summed E-state index contributed by atoms with van der Waals surface area (Å²) in [4.78, 5) is 2.46. The smallest absolute Gasteiger partial charge is 0.0755 e. The molecule has 2 unspecified atom stereocenters. The number of hydrogen-bond donors (Lipinski definition) is 1. The molecule has 2 bridgehead atoms. The molecule has 4 heteroatoms. The molecule has 0 radical (unpaired) electrons. The molecular weight excluding hydrogens is 292 g/mol. The zero-order valence-electron chi connectivity index (χ0n) is 10.7. The number of nitrogens with zero attached hydrogens (tertiary/aromatic N) is 1. The Morgan fingerprint density at radius 2 is 2.06 bits per heavy atom. The molecule has 2 fully saturated rings. The molecule has 0 amide bonds. The summed E-state index contributed by atoms with van der Waals surface area (Å²) >= 11 is 3.66. The highest BCUT2D eigenvalue weighted by Crippen LogP contribution is 2.31. The minimum atomic E-state index is 0.444. The topological polar surface area (TPSA) is 24.5 Å². The zero-order valence-corrected chi connectivity index (χ0v) is 12.2. The SMILES string of the molecule is CNCc1ccc(N2CC3CCC(C2)O3)cc1Br. The van der Waals surface area contributed by atoms with Crippen molar-refractivity contribution in [3.63, 3.8) is 0 Å². The van der Waals surface area contributed by atoms with Crippen molar-refractivity contribution in [1.82, 2.24) is 5.32 Å². The van der Waals surface area contributed by atoms with Crippen LogP contribution in [0.15, 0.2) is 22.7 Å². The van der Waals surface area contributed by atoms with E-state index in [0.29, 0.717) is 12.2 Å². The van der Waals surface area contributed by atoms with Gasteiger partial charge in [-0.2, -0.15) is 0 Å². The second-order valence-corrected chi connectivity index (χ2v) is 6.02. The lowest BCUT2D eigenvalue weighted by Gasteiger charge is -2.34. The van der Waals surface area contributed by atoms with Gasteiger partial charge in [0.25, 0.3) is 0 Å². The molecular formula is C14H19BrN2O. The number of benzene rings is 1. The van der Waals surface area contributed by atoms with Gasteiger partial charge in [-0.3, -0.25) is 0 Å². The zero-order chi connectivity index (χ0) is 12.5. The second-order valence-electron chi connectivity index (χ2n) is 5.17. The van der Waals surface area contributed by atoms with Crippen LogP contribution in [-0.2, 0) is 11.3 Å². The first-order chi connectivity index (χ1) is 8.76. The summed E-state index contributed by atoms with van der Waals surface area (Å²) in [5.74, 6) is 0. The number of hydrogen-bond acceptors (Lipinski definition) is 3. The highest BCUT2D eigenvalue weighted by molar-refractivity contribution is 9.10. The average molecular weight is 311 g/mol. The Bertz CT molecular complexity index is 426. The van der Waals surface area contributed by atoms with Gasteiger partial charge in [0.05, 0.1) is 12.2 Å². The largest absolute Gasteiger partial charge is 0.371 e. The highest BCUT2D eigenvalue weighted by atomic mass is 79.9. The second kappa shape index (κ2) is 5.19. The van der Waals surface area contributed by atoms with Crippen LogP contribution in [0, 0.1) is 0 Å². The summed E-state index contributed by atoms with van der Waals surface area (Å²) in [6.07, 6.45) is 3.33. The average Bonchev–Trinajstić information content (AvgIpc) is 2.71. The maximum atomic E-state index is 5.88. The third-order valence-corrected chi connectivity index (χ3v) is 4.55. The lowest BCUT2D eigenvalue weighted by atomic mass is 10.1. The number of morpholine rings is 1. The Labute approximate surface area is 117 Å². The van der Waals surface area contributed by atoms with Crippen molar-refractivity contribution in [2.24, 2.45) is 0 Å². The standard InChI is InChI=1S/C14H19BrN2O/c1-16-7-10-2-3-11(6-14(10)15)17-8-12-4-5-13(9-17)18-12/h2-3,6,12-13,16H,4-5,7-9H2,1H3. The monoisotopic (exact) mass is 310 g/mol. The van der Waals surface area contributed by atoms with Crippen molar-refractivity contribution in [1.29, 1.82) is 0 Å². The normalized spacial score (nSPS) is 26.7. The highest BCUT2D eigenvalue weighted by Gasteiger charge is 2.33. The molecule has 2 heterocycles. The predicted molar refractivity (Wildman–Crippen MR) is 77.0 cm³/mol. The summed E-state index contributed by atoms with van der Waals surface area (Å²) in [7, 11) is 1.97. The van der Waals surface area contributed by atoms with E-state index in [1.54, 1.807) is 0 Å². The predicted octanol–water partition coefficient (Wildman–Crippen LogP) is 2.54. The van der Waals surface area contributed by atoms with E-state index in [4.69, 9.17) is 4.74 Å². The third kappa shape index (κ3) is 2.42. The molecule has 1 aromatic carbocycles. The molecule has 18 heavy (non-hydrogen) atoms. The van der Waals surface area contributed by atoms with E-state index < -0.39 is 0 Å². The van der Waals surface area contributed by atoms with Crippen LogP contribution >= 0.6 is 15.9 Å². The Balaban J connectivity index is 1.78. The number of rotatable bonds is 3. The molecule has 2 atom stereocenters. The molecule has 1 aromatic rings. The van der Waals surface area contributed by atoms with Crippen LogP contribution in [0.5, 0.6) is 0 Å². The Morgan fingerprint density at radius 1 is 1.33 bits per heavy atom. The van der Waals surface area contributed by atoms with Crippen LogP contribution < -0.4 is 10.2 Å². The fraction of sp³-hybridized carbons (Fsp3) is 0.571. The maximum absolute atomic E-state index is 5.88. The molecule has 2 aliphatic rings. The van der Waals surface area contributed by atoms with Crippen LogP contribution in [0.1, 0.15) is 18.4 Å². The number of anilines is 1. The Kier molecular flexibility index (Phi) is 3.59. The van der Waals surface area contributed by atoms with Gasteiger partial charge < -0.3 is 15.0 Å². The molecule has 0 spiro atoms. The van der Waals surface area contributed by atoms with E-state index in [2.05, 4.69) is 44.3 Å². The van der Waals surface area contributed by atoms with E-state index >= 15 is 0 Å². The van der Waals surface area contributed by atoms with E-state index in [9.17, 15) is 0 Å². The van der Waals surface area contributed by atoms with Gasteiger partial charge in [0.2, 0.25) is 0 Å². The summed E-state index contributed by atoms with van der Waals surface area (Å²) < 4.78 is 7.07. The van der Waals surface area contributed by atoms with Gasteiger partial charge in [0.15, 0.2) is 0 Å². The van der Waals surface area contributed by atoms with E-state index in [1.807, 2.05) is 7.05 Å². The molecule has 3 rings (SSSR count). The van der Waals surface area contributed by atoms with Crippen molar-refractivity contribution in [3.8, 4) is 0 Å². The van der Waals surface area contributed by atoms with Crippen LogP contribution in [0.2, 0.25) is 0 Å². The lowest BCUT2D eigenvalue weighted by Crippen LogP contribution is -2.42. The summed E-state index contributed by atoms with van der Waals surface area (Å²) in [6, 6.07) is 6.66.